The number of carbonyl (C=O) groups is 3. The van der Waals surface area contributed by atoms with E-state index in [0.29, 0.717) is 19.3 Å². The molecule has 0 aliphatic carbocycles. The molecule has 0 spiro atoms. The maximum Gasteiger partial charge on any atom is 0.306 e. The van der Waals surface area contributed by atoms with Crippen LogP contribution in [0.1, 0.15) is 374 Å². The zero-order chi connectivity index (χ0) is 56.4. The highest BCUT2D eigenvalue weighted by Gasteiger charge is 2.19. The van der Waals surface area contributed by atoms with E-state index in [4.69, 9.17) is 14.2 Å². The number of ether oxygens (including phenoxy) is 3. The average molecular weight is 1090 g/mol. The molecule has 0 bridgehead atoms. The summed E-state index contributed by atoms with van der Waals surface area (Å²) in [6.45, 7) is 6.52. The van der Waals surface area contributed by atoms with E-state index in [9.17, 15) is 14.4 Å². The number of allylic oxidation sites excluding steroid dienone is 8. The first kappa shape index (κ1) is 75.4. The molecular formula is C72H132O6. The molecule has 0 aromatic rings. The normalized spacial score (nSPS) is 12.3. The first-order valence-corrected chi connectivity index (χ1v) is 34.6. The first-order chi connectivity index (χ1) is 38.5. The van der Waals surface area contributed by atoms with Crippen molar-refractivity contribution in [1.82, 2.24) is 0 Å². The van der Waals surface area contributed by atoms with E-state index < -0.39 is 6.10 Å². The van der Waals surface area contributed by atoms with Crippen LogP contribution in [0.4, 0.5) is 0 Å². The molecule has 0 N–H and O–H groups in total. The van der Waals surface area contributed by atoms with E-state index >= 15 is 0 Å². The first-order valence-electron chi connectivity index (χ1n) is 34.6. The van der Waals surface area contributed by atoms with Gasteiger partial charge in [-0.05, 0) is 77.0 Å². The van der Waals surface area contributed by atoms with Gasteiger partial charge >= 0.3 is 17.9 Å². The highest BCUT2D eigenvalue weighted by molar-refractivity contribution is 5.71. The van der Waals surface area contributed by atoms with Crippen molar-refractivity contribution >= 4 is 17.9 Å². The summed E-state index contributed by atoms with van der Waals surface area (Å²) in [5, 5.41) is 0. The van der Waals surface area contributed by atoms with Crippen molar-refractivity contribution in [2.75, 3.05) is 13.2 Å². The Kier molecular flexibility index (Phi) is 64.6. The van der Waals surface area contributed by atoms with Gasteiger partial charge in [-0.3, -0.25) is 14.4 Å². The van der Waals surface area contributed by atoms with E-state index in [0.717, 1.165) is 89.9 Å². The Morgan fingerprint density at radius 1 is 0.269 bits per heavy atom. The van der Waals surface area contributed by atoms with E-state index in [-0.39, 0.29) is 31.1 Å². The molecule has 0 aliphatic heterocycles. The molecule has 0 saturated heterocycles. The quantitative estimate of drug-likeness (QED) is 0.0261. The Morgan fingerprint density at radius 3 is 0.833 bits per heavy atom. The molecule has 0 radical (unpaired) electrons. The molecule has 6 heteroatoms. The third-order valence-electron chi connectivity index (χ3n) is 15.6. The highest BCUT2D eigenvalue weighted by atomic mass is 16.6. The molecule has 0 aliphatic rings. The van der Waals surface area contributed by atoms with Gasteiger partial charge in [0.1, 0.15) is 13.2 Å². The minimum atomic E-state index is -0.790. The van der Waals surface area contributed by atoms with Gasteiger partial charge in [-0.1, -0.05) is 326 Å². The summed E-state index contributed by atoms with van der Waals surface area (Å²) in [6, 6.07) is 0. The predicted octanol–water partition coefficient (Wildman–Crippen LogP) is 23.7. The summed E-state index contributed by atoms with van der Waals surface area (Å²) in [6.07, 6.45) is 84.7. The number of unbranched alkanes of at least 4 members (excludes halogenated alkanes) is 45. The Labute approximate surface area is 486 Å². The Morgan fingerprint density at radius 2 is 0.500 bits per heavy atom. The molecule has 0 aromatic heterocycles. The summed E-state index contributed by atoms with van der Waals surface area (Å²) in [5.41, 5.74) is 0. The average Bonchev–Trinajstić information content (AvgIpc) is 3.44. The zero-order valence-corrected chi connectivity index (χ0v) is 52.5. The Hall–Kier alpha value is -2.63. The molecule has 1 atom stereocenters. The second-order valence-corrected chi connectivity index (χ2v) is 23.4. The van der Waals surface area contributed by atoms with Crippen LogP contribution in [0, 0.1) is 0 Å². The lowest BCUT2D eigenvalue weighted by atomic mass is 10.0. The van der Waals surface area contributed by atoms with Crippen LogP contribution in [-0.2, 0) is 28.6 Å². The molecular weight excluding hydrogens is 961 g/mol. The van der Waals surface area contributed by atoms with Gasteiger partial charge in [0, 0.05) is 19.3 Å². The smallest absolute Gasteiger partial charge is 0.306 e. The molecule has 0 fully saturated rings. The Balaban J connectivity index is 4.00. The van der Waals surface area contributed by atoms with Gasteiger partial charge < -0.3 is 14.2 Å². The topological polar surface area (TPSA) is 78.9 Å². The van der Waals surface area contributed by atoms with Crippen LogP contribution in [-0.4, -0.2) is 37.2 Å². The van der Waals surface area contributed by atoms with E-state index in [2.05, 4.69) is 69.4 Å². The molecule has 456 valence electrons. The van der Waals surface area contributed by atoms with Crippen LogP contribution in [0.15, 0.2) is 48.6 Å². The van der Waals surface area contributed by atoms with Crippen molar-refractivity contribution in [2.24, 2.45) is 0 Å². The summed E-state index contributed by atoms with van der Waals surface area (Å²) >= 11 is 0. The lowest BCUT2D eigenvalue weighted by Crippen LogP contribution is -2.30. The third kappa shape index (κ3) is 64.2. The predicted molar refractivity (Wildman–Crippen MR) is 339 cm³/mol. The van der Waals surface area contributed by atoms with Gasteiger partial charge in [-0.25, -0.2) is 0 Å². The van der Waals surface area contributed by atoms with Gasteiger partial charge in [0.25, 0.3) is 0 Å². The number of hydrogen-bond donors (Lipinski definition) is 0. The standard InChI is InChI=1S/C72H132O6/c1-4-7-10-13-16-19-22-25-26-27-28-29-30-31-32-33-34-35-36-37-38-39-40-41-42-43-44-45-46-48-50-53-56-59-62-65-71(74)77-68-69(67-76-70(73)64-61-58-55-52-49-24-21-18-15-12-9-6-3)78-72(75)66-63-60-57-54-51-47-23-20-17-14-11-8-5-2/h8,11,17-18,20-21,47,51,69H,4-7,9-10,12-16,19,22-46,48-50,52-68H2,1-3H3/b11-8-,20-17-,21-18-,51-47-. The fraction of sp³-hybridized carbons (Fsp3) is 0.847. The van der Waals surface area contributed by atoms with Crippen LogP contribution in [0.2, 0.25) is 0 Å². The van der Waals surface area contributed by atoms with Crippen molar-refractivity contribution in [3.63, 3.8) is 0 Å². The number of rotatable bonds is 64. The minimum absolute atomic E-state index is 0.0846. The zero-order valence-electron chi connectivity index (χ0n) is 52.5. The largest absolute Gasteiger partial charge is 0.462 e. The summed E-state index contributed by atoms with van der Waals surface area (Å²) in [4.78, 5) is 38.2. The lowest BCUT2D eigenvalue weighted by Gasteiger charge is -2.18. The van der Waals surface area contributed by atoms with E-state index in [1.165, 1.54) is 244 Å². The Bertz CT molecular complexity index is 1350. The maximum atomic E-state index is 12.8. The van der Waals surface area contributed by atoms with E-state index in [1.807, 2.05) is 0 Å². The minimum Gasteiger partial charge on any atom is -0.462 e. The van der Waals surface area contributed by atoms with E-state index in [1.54, 1.807) is 0 Å². The lowest BCUT2D eigenvalue weighted by molar-refractivity contribution is -0.167. The SMILES string of the molecule is CC/C=C\C/C=C\C/C=C\CCCCCC(=O)OC(COC(=O)CCCCCCC/C=C\CCCCC)COC(=O)CCCCCCCCCCCCCCCCCCCCCCCCCCCCCCCCCCCCC. The fourth-order valence-electron chi connectivity index (χ4n) is 10.4. The number of hydrogen-bond acceptors (Lipinski definition) is 6. The summed E-state index contributed by atoms with van der Waals surface area (Å²) in [5.74, 6) is -0.907. The second-order valence-electron chi connectivity index (χ2n) is 23.4. The molecule has 6 nitrogen and oxygen atoms in total. The van der Waals surface area contributed by atoms with Gasteiger partial charge in [0.15, 0.2) is 6.10 Å². The molecule has 0 amide bonds. The molecule has 0 saturated carbocycles. The van der Waals surface area contributed by atoms with Crippen molar-refractivity contribution in [1.29, 1.82) is 0 Å². The van der Waals surface area contributed by atoms with Crippen LogP contribution < -0.4 is 0 Å². The van der Waals surface area contributed by atoms with Crippen molar-refractivity contribution in [2.45, 2.75) is 380 Å². The van der Waals surface area contributed by atoms with Gasteiger partial charge in [0.05, 0.1) is 0 Å². The van der Waals surface area contributed by atoms with Crippen LogP contribution >= 0.6 is 0 Å². The van der Waals surface area contributed by atoms with Gasteiger partial charge in [-0.2, -0.15) is 0 Å². The van der Waals surface area contributed by atoms with Crippen LogP contribution in [0.3, 0.4) is 0 Å². The molecule has 78 heavy (non-hydrogen) atoms. The summed E-state index contributed by atoms with van der Waals surface area (Å²) in [7, 11) is 0. The number of esters is 3. The van der Waals surface area contributed by atoms with Crippen molar-refractivity contribution < 1.29 is 28.6 Å². The van der Waals surface area contributed by atoms with Crippen molar-refractivity contribution in [3.05, 3.63) is 48.6 Å². The summed E-state index contributed by atoms with van der Waals surface area (Å²) < 4.78 is 16.9. The highest BCUT2D eigenvalue weighted by Crippen LogP contribution is 2.19. The second kappa shape index (κ2) is 66.9. The van der Waals surface area contributed by atoms with Crippen LogP contribution in [0.5, 0.6) is 0 Å². The third-order valence-corrected chi connectivity index (χ3v) is 15.6. The molecule has 0 heterocycles. The molecule has 0 aromatic carbocycles. The fourth-order valence-corrected chi connectivity index (χ4v) is 10.4. The molecule has 0 rings (SSSR count). The maximum absolute atomic E-state index is 12.8. The number of carbonyl (C=O) groups excluding carboxylic acids is 3. The van der Waals surface area contributed by atoms with Gasteiger partial charge in [-0.15, -0.1) is 0 Å². The monoisotopic (exact) mass is 1090 g/mol. The van der Waals surface area contributed by atoms with Crippen molar-refractivity contribution in [3.8, 4) is 0 Å². The van der Waals surface area contributed by atoms with Crippen LogP contribution in [0.25, 0.3) is 0 Å². The molecule has 1 unspecified atom stereocenters. The van der Waals surface area contributed by atoms with Gasteiger partial charge in [0.2, 0.25) is 0 Å².